The number of hydrogen-bond acceptors (Lipinski definition) is 1. The molecule has 0 saturated heterocycles. The largest absolute Gasteiger partial charge is 0.480 e. The number of carboxylic acid groups (broad SMARTS) is 1. The van der Waals surface area contributed by atoms with E-state index in [1.54, 1.807) is 0 Å². The Morgan fingerprint density at radius 1 is 1.78 bits per heavy atom. The normalized spacial score (nSPS) is 16.8. The van der Waals surface area contributed by atoms with Gasteiger partial charge >= 0.3 is 5.97 Å². The zero-order valence-electron chi connectivity index (χ0n) is 5.60. The molecule has 9 heavy (non-hydrogen) atoms. The highest BCUT2D eigenvalue weighted by Crippen LogP contribution is 2.15. The van der Waals surface area contributed by atoms with E-state index in [1.165, 1.54) is 0 Å². The van der Waals surface area contributed by atoms with E-state index in [-0.39, 0.29) is 10.7 Å². The average molecular weight is 195 g/mol. The van der Waals surface area contributed by atoms with Crippen LogP contribution in [0.15, 0.2) is 0 Å². The van der Waals surface area contributed by atoms with Crippen molar-refractivity contribution in [3.63, 3.8) is 0 Å². The fraction of sp³-hybridized carbons (Fsp3) is 0.833. The van der Waals surface area contributed by atoms with Crippen LogP contribution in [0.4, 0.5) is 0 Å². The molecule has 0 aliphatic heterocycles. The van der Waals surface area contributed by atoms with Crippen molar-refractivity contribution in [2.75, 3.05) is 0 Å². The molecule has 0 fully saturated rings. The van der Waals surface area contributed by atoms with Crippen molar-refractivity contribution in [2.24, 2.45) is 5.92 Å². The van der Waals surface area contributed by atoms with Crippen molar-refractivity contribution >= 4 is 21.9 Å². The van der Waals surface area contributed by atoms with Gasteiger partial charge < -0.3 is 5.11 Å². The van der Waals surface area contributed by atoms with E-state index in [0.717, 1.165) is 6.42 Å². The molecule has 0 aromatic rings. The first-order chi connectivity index (χ1) is 4.09. The number of carbonyl (C=O) groups is 1. The minimum atomic E-state index is -0.774. The highest BCUT2D eigenvalue weighted by atomic mass is 79.9. The number of halogens is 1. The minimum Gasteiger partial charge on any atom is -0.480 e. The Hall–Kier alpha value is -0.0500. The third-order valence-electron chi connectivity index (χ3n) is 1.38. The topological polar surface area (TPSA) is 37.3 Å². The van der Waals surface area contributed by atoms with Gasteiger partial charge in [-0.15, -0.1) is 0 Å². The molecule has 0 aromatic heterocycles. The Morgan fingerprint density at radius 2 is 2.22 bits per heavy atom. The number of alkyl halides is 1. The molecule has 1 N–H and O–H groups in total. The highest BCUT2D eigenvalue weighted by Gasteiger charge is 2.18. The predicted molar refractivity (Wildman–Crippen MR) is 39.8 cm³/mol. The zero-order chi connectivity index (χ0) is 7.44. The molecule has 0 bridgehead atoms. The Bertz CT molecular complexity index is 103. The van der Waals surface area contributed by atoms with Gasteiger partial charge in [-0.2, -0.15) is 0 Å². The Balaban J connectivity index is 3.72. The molecule has 0 aliphatic carbocycles. The first kappa shape index (κ1) is 8.95. The minimum absolute atomic E-state index is 0.211. The van der Waals surface area contributed by atoms with Crippen LogP contribution in [0.1, 0.15) is 20.3 Å². The number of hydrogen-bond donors (Lipinski definition) is 1. The summed E-state index contributed by atoms with van der Waals surface area (Å²) in [5.41, 5.74) is 0. The molecule has 0 unspecified atom stereocenters. The third kappa shape index (κ3) is 2.84. The van der Waals surface area contributed by atoms with Gasteiger partial charge in [0.1, 0.15) is 4.83 Å². The second-order valence-electron chi connectivity index (χ2n) is 2.13. The molecule has 0 saturated carbocycles. The van der Waals surface area contributed by atoms with Crippen molar-refractivity contribution in [3.8, 4) is 0 Å². The SMILES string of the molecule is CC[C@@H](C)[C@@H](Br)C(=O)O. The van der Waals surface area contributed by atoms with Gasteiger partial charge in [-0.25, -0.2) is 0 Å². The predicted octanol–water partition coefficient (Wildman–Crippen LogP) is 1.88. The van der Waals surface area contributed by atoms with Crippen LogP contribution in [0, 0.1) is 5.92 Å². The van der Waals surface area contributed by atoms with Crippen LogP contribution >= 0.6 is 15.9 Å². The van der Waals surface area contributed by atoms with Gasteiger partial charge in [-0.1, -0.05) is 36.2 Å². The second-order valence-corrected chi connectivity index (χ2v) is 3.11. The lowest BCUT2D eigenvalue weighted by atomic mass is 10.1. The maximum absolute atomic E-state index is 10.3. The molecule has 3 heteroatoms. The first-order valence-electron chi connectivity index (χ1n) is 2.96. The van der Waals surface area contributed by atoms with Gasteiger partial charge in [0.25, 0.3) is 0 Å². The van der Waals surface area contributed by atoms with Crippen molar-refractivity contribution < 1.29 is 9.90 Å². The van der Waals surface area contributed by atoms with Crippen LogP contribution in [-0.4, -0.2) is 15.9 Å². The smallest absolute Gasteiger partial charge is 0.317 e. The molecule has 0 radical (unpaired) electrons. The molecule has 0 amide bonds. The van der Waals surface area contributed by atoms with Crippen molar-refractivity contribution in [1.82, 2.24) is 0 Å². The second kappa shape index (κ2) is 3.88. The Morgan fingerprint density at radius 3 is 2.33 bits per heavy atom. The maximum atomic E-state index is 10.3. The highest BCUT2D eigenvalue weighted by molar-refractivity contribution is 9.10. The molecular weight excluding hydrogens is 184 g/mol. The molecule has 0 heterocycles. The van der Waals surface area contributed by atoms with Crippen LogP contribution in [0.2, 0.25) is 0 Å². The lowest BCUT2D eigenvalue weighted by Gasteiger charge is -2.10. The quantitative estimate of drug-likeness (QED) is 0.698. The van der Waals surface area contributed by atoms with E-state index in [0.29, 0.717) is 0 Å². The summed E-state index contributed by atoms with van der Waals surface area (Å²) < 4.78 is 0. The number of rotatable bonds is 3. The van der Waals surface area contributed by atoms with E-state index < -0.39 is 5.97 Å². The molecule has 0 rings (SSSR count). The van der Waals surface area contributed by atoms with Crippen LogP contribution in [-0.2, 0) is 4.79 Å². The number of carboxylic acids is 1. The summed E-state index contributed by atoms with van der Waals surface area (Å²) in [6.45, 7) is 3.88. The van der Waals surface area contributed by atoms with E-state index in [9.17, 15) is 4.79 Å². The van der Waals surface area contributed by atoms with Crippen molar-refractivity contribution in [2.45, 2.75) is 25.1 Å². The summed E-state index contributed by atoms with van der Waals surface area (Å²) in [5.74, 6) is -0.563. The Labute approximate surface area is 63.4 Å². The summed E-state index contributed by atoms with van der Waals surface area (Å²) in [6, 6.07) is 0. The van der Waals surface area contributed by atoms with E-state index in [2.05, 4.69) is 15.9 Å². The summed E-state index contributed by atoms with van der Waals surface area (Å²) in [4.78, 5) is 9.87. The van der Waals surface area contributed by atoms with Gasteiger partial charge in [0, 0.05) is 0 Å². The molecule has 0 aliphatic rings. The molecule has 0 spiro atoms. The molecule has 2 nitrogen and oxygen atoms in total. The van der Waals surface area contributed by atoms with Gasteiger partial charge in [0.2, 0.25) is 0 Å². The number of aliphatic carboxylic acids is 1. The van der Waals surface area contributed by atoms with Gasteiger partial charge in [0.05, 0.1) is 0 Å². The summed E-state index contributed by atoms with van der Waals surface area (Å²) >= 11 is 3.07. The van der Waals surface area contributed by atoms with E-state index in [1.807, 2.05) is 13.8 Å². The lowest BCUT2D eigenvalue weighted by Crippen LogP contribution is -2.20. The lowest BCUT2D eigenvalue weighted by molar-refractivity contribution is -0.137. The zero-order valence-corrected chi connectivity index (χ0v) is 7.18. The fourth-order valence-electron chi connectivity index (χ4n) is 0.450. The van der Waals surface area contributed by atoms with Gasteiger partial charge in [-0.3, -0.25) is 4.79 Å². The van der Waals surface area contributed by atoms with E-state index in [4.69, 9.17) is 5.11 Å². The van der Waals surface area contributed by atoms with Gasteiger partial charge in [-0.05, 0) is 5.92 Å². The van der Waals surface area contributed by atoms with Crippen molar-refractivity contribution in [1.29, 1.82) is 0 Å². The average Bonchev–Trinajstić information content (AvgIpc) is 1.84. The van der Waals surface area contributed by atoms with Crippen LogP contribution in [0.5, 0.6) is 0 Å². The molecule has 54 valence electrons. The summed E-state index contributed by atoms with van der Waals surface area (Å²) in [7, 11) is 0. The fourth-order valence-corrected chi connectivity index (χ4v) is 0.824. The summed E-state index contributed by atoms with van der Waals surface area (Å²) in [6.07, 6.45) is 0.891. The standard InChI is InChI=1S/C6H11BrO2/c1-3-4(2)5(7)6(8)9/h4-5H,3H2,1-2H3,(H,8,9)/t4-,5-/m1/s1. The molecule has 0 aromatic carbocycles. The first-order valence-corrected chi connectivity index (χ1v) is 3.88. The maximum Gasteiger partial charge on any atom is 0.317 e. The van der Waals surface area contributed by atoms with Crippen LogP contribution in [0.25, 0.3) is 0 Å². The van der Waals surface area contributed by atoms with E-state index >= 15 is 0 Å². The third-order valence-corrected chi connectivity index (χ3v) is 2.67. The Kier molecular flexibility index (Phi) is 3.86. The van der Waals surface area contributed by atoms with Crippen molar-refractivity contribution in [3.05, 3.63) is 0 Å². The van der Waals surface area contributed by atoms with Crippen LogP contribution < -0.4 is 0 Å². The van der Waals surface area contributed by atoms with Crippen LogP contribution in [0.3, 0.4) is 0 Å². The monoisotopic (exact) mass is 194 g/mol. The summed E-state index contributed by atoms with van der Waals surface area (Å²) in [5, 5.41) is 8.44. The van der Waals surface area contributed by atoms with Gasteiger partial charge in [0.15, 0.2) is 0 Å². The molecule has 2 atom stereocenters. The molecular formula is C6H11BrO2.